The molecule has 0 saturated heterocycles. The number of hydrogen-bond donors (Lipinski definition) is 0. The molecule has 0 aliphatic heterocycles. The van der Waals surface area contributed by atoms with Crippen molar-refractivity contribution in [2.24, 2.45) is 0 Å². The van der Waals surface area contributed by atoms with Crippen LogP contribution in [0.3, 0.4) is 0 Å². The summed E-state index contributed by atoms with van der Waals surface area (Å²) >= 11 is 0. The molecule has 2 heterocycles. The molecular weight excluding hydrogens is 599 g/mol. The minimum absolute atomic E-state index is 0.597. The minimum atomic E-state index is 0.597. The lowest BCUT2D eigenvalue weighted by Gasteiger charge is -2.11. The molecule has 8 aromatic carbocycles. The molecule has 0 radical (unpaired) electrons. The molecule has 4 heteroatoms. The molecular formula is C45H27N3O. The van der Waals surface area contributed by atoms with Gasteiger partial charge in [-0.25, -0.2) is 15.0 Å². The van der Waals surface area contributed by atoms with Crippen LogP contribution in [-0.4, -0.2) is 15.0 Å². The van der Waals surface area contributed by atoms with Gasteiger partial charge >= 0.3 is 0 Å². The molecule has 0 atom stereocenters. The molecule has 0 N–H and O–H groups in total. The lowest BCUT2D eigenvalue weighted by Crippen LogP contribution is -2.00. The van der Waals surface area contributed by atoms with E-state index in [0.717, 1.165) is 54.8 Å². The molecule has 0 bridgehead atoms. The average molecular weight is 626 g/mol. The quantitative estimate of drug-likeness (QED) is 0.195. The van der Waals surface area contributed by atoms with Gasteiger partial charge in [0, 0.05) is 27.5 Å². The van der Waals surface area contributed by atoms with Crippen LogP contribution in [0.15, 0.2) is 168 Å². The highest BCUT2D eigenvalue weighted by molar-refractivity contribution is 6.06. The van der Waals surface area contributed by atoms with Gasteiger partial charge in [-0.3, -0.25) is 0 Å². The third kappa shape index (κ3) is 4.73. The zero-order valence-corrected chi connectivity index (χ0v) is 26.3. The summed E-state index contributed by atoms with van der Waals surface area (Å²) in [5.41, 5.74) is 6.80. The SMILES string of the molecule is c1ccc2cc(-c3nc(-c4ccc5ccc(-c6cccc7ccccc67)cc5c4)nc(-c4ccc5c(c4)oc4ccccc45)n3)ccc2c1. The van der Waals surface area contributed by atoms with E-state index in [1.54, 1.807) is 0 Å². The Labute approximate surface area is 282 Å². The molecule has 49 heavy (non-hydrogen) atoms. The van der Waals surface area contributed by atoms with Gasteiger partial charge in [-0.15, -0.1) is 0 Å². The van der Waals surface area contributed by atoms with Crippen LogP contribution in [0.5, 0.6) is 0 Å². The number of furan rings is 1. The number of para-hydroxylation sites is 1. The molecule has 0 spiro atoms. The smallest absolute Gasteiger partial charge is 0.164 e. The Morgan fingerprint density at radius 1 is 0.306 bits per heavy atom. The first-order valence-electron chi connectivity index (χ1n) is 16.4. The molecule has 0 fully saturated rings. The lowest BCUT2D eigenvalue weighted by molar-refractivity contribution is 0.669. The van der Waals surface area contributed by atoms with Crippen LogP contribution in [0.1, 0.15) is 0 Å². The zero-order valence-electron chi connectivity index (χ0n) is 26.3. The molecule has 0 amide bonds. The van der Waals surface area contributed by atoms with Gasteiger partial charge in [0.15, 0.2) is 17.5 Å². The largest absolute Gasteiger partial charge is 0.456 e. The van der Waals surface area contributed by atoms with Crippen LogP contribution in [0.25, 0.3) is 99.5 Å². The number of rotatable bonds is 4. The zero-order chi connectivity index (χ0) is 32.3. The van der Waals surface area contributed by atoms with Crippen LogP contribution in [0.2, 0.25) is 0 Å². The number of nitrogens with zero attached hydrogens (tertiary/aromatic N) is 3. The number of aromatic nitrogens is 3. The van der Waals surface area contributed by atoms with Crippen molar-refractivity contribution in [3.63, 3.8) is 0 Å². The first-order chi connectivity index (χ1) is 24.2. The second kappa shape index (κ2) is 11.0. The third-order valence-electron chi connectivity index (χ3n) is 9.48. The summed E-state index contributed by atoms with van der Waals surface area (Å²) < 4.78 is 6.24. The summed E-state index contributed by atoms with van der Waals surface area (Å²) in [6.07, 6.45) is 0. The highest BCUT2D eigenvalue weighted by Gasteiger charge is 2.16. The van der Waals surface area contributed by atoms with Gasteiger partial charge in [-0.05, 0) is 79.8 Å². The van der Waals surface area contributed by atoms with Crippen molar-refractivity contribution in [3.05, 3.63) is 164 Å². The van der Waals surface area contributed by atoms with Crippen LogP contribution in [0.4, 0.5) is 0 Å². The Kier molecular flexibility index (Phi) is 6.15. The number of fused-ring (bicyclic) bond motifs is 6. The Bertz CT molecular complexity index is 2900. The Balaban J connectivity index is 1.14. The van der Waals surface area contributed by atoms with Crippen molar-refractivity contribution in [2.45, 2.75) is 0 Å². The summed E-state index contributed by atoms with van der Waals surface area (Å²) in [4.78, 5) is 15.2. The van der Waals surface area contributed by atoms with Gasteiger partial charge in [0.05, 0.1) is 0 Å². The summed E-state index contributed by atoms with van der Waals surface area (Å²) in [5.74, 6) is 1.84. The summed E-state index contributed by atoms with van der Waals surface area (Å²) in [7, 11) is 0. The Morgan fingerprint density at radius 2 is 0.816 bits per heavy atom. The normalized spacial score (nSPS) is 11.7. The summed E-state index contributed by atoms with van der Waals surface area (Å²) in [5, 5.41) is 9.23. The second-order valence-electron chi connectivity index (χ2n) is 12.5. The van der Waals surface area contributed by atoms with Gasteiger partial charge in [0.2, 0.25) is 0 Å². The van der Waals surface area contributed by atoms with Gasteiger partial charge in [-0.1, -0.05) is 127 Å². The van der Waals surface area contributed by atoms with Crippen molar-refractivity contribution < 1.29 is 4.42 Å². The van der Waals surface area contributed by atoms with Gasteiger partial charge < -0.3 is 4.42 Å². The lowest BCUT2D eigenvalue weighted by atomic mass is 9.95. The maximum Gasteiger partial charge on any atom is 0.164 e. The Hall–Kier alpha value is -6.65. The predicted molar refractivity (Wildman–Crippen MR) is 201 cm³/mol. The van der Waals surface area contributed by atoms with E-state index in [1.807, 2.05) is 24.3 Å². The molecule has 2 aromatic heterocycles. The van der Waals surface area contributed by atoms with E-state index < -0.39 is 0 Å². The van der Waals surface area contributed by atoms with Crippen molar-refractivity contribution in [1.82, 2.24) is 15.0 Å². The van der Waals surface area contributed by atoms with Gasteiger partial charge in [-0.2, -0.15) is 0 Å². The van der Waals surface area contributed by atoms with Crippen LogP contribution in [0, 0.1) is 0 Å². The maximum atomic E-state index is 6.24. The summed E-state index contributed by atoms with van der Waals surface area (Å²) in [6, 6.07) is 57.2. The standard InChI is InChI=1S/C45H27N3O/c1-2-10-31-24-33(20-17-28(31)8-1)43-46-44(48-45(47-43)35-22-23-40-39-13-5-6-15-41(39)49-42(40)27-35)34-21-18-29-16-19-32(25-36(29)26-34)38-14-7-11-30-9-3-4-12-37(30)38/h1-27H. The molecule has 0 saturated carbocycles. The molecule has 228 valence electrons. The molecule has 0 aliphatic rings. The van der Waals surface area contributed by atoms with E-state index >= 15 is 0 Å². The number of hydrogen-bond acceptors (Lipinski definition) is 4. The maximum absolute atomic E-state index is 6.24. The topological polar surface area (TPSA) is 51.8 Å². The highest BCUT2D eigenvalue weighted by Crippen LogP contribution is 2.35. The minimum Gasteiger partial charge on any atom is -0.456 e. The van der Waals surface area contributed by atoms with E-state index in [4.69, 9.17) is 19.4 Å². The van der Waals surface area contributed by atoms with Crippen LogP contribution >= 0.6 is 0 Å². The van der Waals surface area contributed by atoms with Crippen molar-refractivity contribution in [1.29, 1.82) is 0 Å². The Morgan fingerprint density at radius 3 is 1.59 bits per heavy atom. The molecule has 0 unspecified atom stereocenters. The fraction of sp³-hybridized carbons (Fsp3) is 0. The second-order valence-corrected chi connectivity index (χ2v) is 12.5. The van der Waals surface area contributed by atoms with Crippen LogP contribution < -0.4 is 0 Å². The van der Waals surface area contributed by atoms with Crippen molar-refractivity contribution in [3.8, 4) is 45.3 Å². The number of benzene rings is 8. The van der Waals surface area contributed by atoms with Gasteiger partial charge in [0.1, 0.15) is 11.2 Å². The fourth-order valence-corrected chi connectivity index (χ4v) is 6.99. The third-order valence-corrected chi connectivity index (χ3v) is 9.48. The predicted octanol–water partition coefficient (Wildman–Crippen LogP) is 11.9. The first-order valence-corrected chi connectivity index (χ1v) is 16.4. The fourth-order valence-electron chi connectivity index (χ4n) is 6.99. The molecule has 10 rings (SSSR count). The average Bonchev–Trinajstić information content (AvgIpc) is 3.55. The van der Waals surface area contributed by atoms with E-state index in [0.29, 0.717) is 17.5 Å². The monoisotopic (exact) mass is 625 g/mol. The molecule has 0 aliphatic carbocycles. The molecule has 10 aromatic rings. The van der Waals surface area contributed by atoms with E-state index in [9.17, 15) is 0 Å². The van der Waals surface area contributed by atoms with E-state index in [-0.39, 0.29) is 0 Å². The van der Waals surface area contributed by atoms with Crippen molar-refractivity contribution >= 4 is 54.3 Å². The molecule has 4 nitrogen and oxygen atoms in total. The van der Waals surface area contributed by atoms with Crippen LogP contribution in [-0.2, 0) is 0 Å². The highest BCUT2D eigenvalue weighted by atomic mass is 16.3. The summed E-state index contributed by atoms with van der Waals surface area (Å²) in [6.45, 7) is 0. The first kappa shape index (κ1) is 27.5. The van der Waals surface area contributed by atoms with E-state index in [1.165, 1.54) is 27.3 Å². The van der Waals surface area contributed by atoms with Gasteiger partial charge in [0.25, 0.3) is 0 Å². The van der Waals surface area contributed by atoms with E-state index in [2.05, 4.69) is 140 Å². The van der Waals surface area contributed by atoms with Crippen molar-refractivity contribution in [2.75, 3.05) is 0 Å².